The molecule has 0 saturated carbocycles. The van der Waals surface area contributed by atoms with Gasteiger partial charge in [0.05, 0.1) is 17.2 Å². The van der Waals surface area contributed by atoms with Gasteiger partial charge in [-0.2, -0.15) is 5.10 Å². The smallest absolute Gasteiger partial charge is 0.263 e. The van der Waals surface area contributed by atoms with E-state index < -0.39 is 68.6 Å². The maximum absolute atomic E-state index is 13.6. The Balaban J connectivity index is 1.38. The lowest BCUT2D eigenvalue weighted by atomic mass is 10.1. The number of nitrogens with one attached hydrogen (secondary N) is 2. The van der Waals surface area contributed by atoms with Crippen molar-refractivity contribution >= 4 is 37.9 Å². The minimum Gasteiger partial charge on any atom is -0.387 e. The van der Waals surface area contributed by atoms with Crippen molar-refractivity contribution in [3.8, 4) is 0 Å². The van der Waals surface area contributed by atoms with Gasteiger partial charge in [-0.3, -0.25) is 14.5 Å². The van der Waals surface area contributed by atoms with Crippen LogP contribution in [0.5, 0.6) is 0 Å². The van der Waals surface area contributed by atoms with Crippen molar-refractivity contribution < 1.29 is 32.1 Å². The van der Waals surface area contributed by atoms with Crippen LogP contribution in [0.2, 0.25) is 0 Å². The molecule has 0 radical (unpaired) electrons. The topological polar surface area (TPSA) is 211 Å². The summed E-state index contributed by atoms with van der Waals surface area (Å²) in [5.74, 6) is -2.50. The van der Waals surface area contributed by atoms with Crippen molar-refractivity contribution in [2.24, 2.45) is 0 Å². The molecule has 184 valence electrons. The molecule has 3 aromatic heterocycles. The zero-order chi connectivity index (χ0) is 25.1. The molecule has 0 bridgehead atoms. The van der Waals surface area contributed by atoms with E-state index >= 15 is 0 Å². The third-order valence-corrected chi connectivity index (χ3v) is 6.84. The summed E-state index contributed by atoms with van der Waals surface area (Å²) in [5, 5.41) is 25.1. The average Bonchev–Trinajstić information content (AvgIpc) is 3.36. The van der Waals surface area contributed by atoms with Crippen LogP contribution in [-0.4, -0.2) is 73.2 Å². The average molecular weight is 510 g/mol. The molecule has 1 aliphatic rings. The first-order chi connectivity index (χ1) is 16.6. The zero-order valence-corrected chi connectivity index (χ0v) is 18.1. The molecule has 0 spiro atoms. The fourth-order valence-corrected chi connectivity index (χ4v) is 4.77. The second-order valence-corrected chi connectivity index (χ2v) is 9.33. The van der Waals surface area contributed by atoms with Gasteiger partial charge in [0, 0.05) is 12.6 Å². The van der Waals surface area contributed by atoms with Gasteiger partial charge in [-0.05, 0) is 6.07 Å². The van der Waals surface area contributed by atoms with E-state index in [0.717, 1.165) is 0 Å². The lowest BCUT2D eigenvalue weighted by molar-refractivity contribution is -0.0330. The SMILES string of the molecule is Nc1ncnc2c1ncn2[C@@H]1O[C@H](CNS(=O)(=O)c2n[nH]c3cc(F)c(F)cc3c2=O)[C@@H](O)[C@H]1O. The first-order valence-electron chi connectivity index (χ1n) is 9.90. The Morgan fingerprint density at radius 2 is 1.91 bits per heavy atom. The lowest BCUT2D eigenvalue weighted by Crippen LogP contribution is -2.41. The van der Waals surface area contributed by atoms with E-state index in [2.05, 4.69) is 29.9 Å². The van der Waals surface area contributed by atoms with Gasteiger partial charge in [-0.15, -0.1) is 0 Å². The molecular weight excluding hydrogens is 494 g/mol. The first-order valence-corrected chi connectivity index (χ1v) is 11.4. The number of aromatic amines is 1. The van der Waals surface area contributed by atoms with Crippen molar-refractivity contribution in [2.45, 2.75) is 29.6 Å². The molecule has 4 atom stereocenters. The quantitative estimate of drug-likeness (QED) is 0.209. The molecule has 4 heterocycles. The number of aliphatic hydroxyl groups excluding tert-OH is 2. The Morgan fingerprint density at radius 1 is 1.17 bits per heavy atom. The molecule has 35 heavy (non-hydrogen) atoms. The highest BCUT2D eigenvalue weighted by atomic mass is 32.2. The Hall–Kier alpha value is -3.64. The number of nitrogens with zero attached hydrogens (tertiary/aromatic N) is 5. The van der Waals surface area contributed by atoms with E-state index in [1.807, 2.05) is 0 Å². The van der Waals surface area contributed by atoms with Crippen LogP contribution in [0.1, 0.15) is 6.23 Å². The summed E-state index contributed by atoms with van der Waals surface area (Å²) in [6, 6.07) is 1.23. The van der Waals surface area contributed by atoms with Crippen LogP contribution in [-0.2, 0) is 14.8 Å². The number of sulfonamides is 1. The van der Waals surface area contributed by atoms with Gasteiger partial charge in [0.1, 0.15) is 30.2 Å². The number of hydrogen-bond donors (Lipinski definition) is 5. The van der Waals surface area contributed by atoms with Gasteiger partial charge in [-0.1, -0.05) is 0 Å². The number of benzene rings is 1. The minimum atomic E-state index is -4.60. The van der Waals surface area contributed by atoms with Crippen LogP contribution in [0, 0.1) is 11.6 Å². The van der Waals surface area contributed by atoms with Gasteiger partial charge in [0.25, 0.3) is 10.0 Å². The van der Waals surface area contributed by atoms with Crippen LogP contribution < -0.4 is 15.9 Å². The molecule has 17 heteroatoms. The van der Waals surface area contributed by atoms with E-state index in [9.17, 15) is 32.2 Å². The Morgan fingerprint density at radius 3 is 2.69 bits per heavy atom. The number of aromatic nitrogens is 6. The molecule has 6 N–H and O–H groups in total. The Kier molecular flexibility index (Phi) is 5.44. The monoisotopic (exact) mass is 510 g/mol. The highest BCUT2D eigenvalue weighted by Gasteiger charge is 2.44. The summed E-state index contributed by atoms with van der Waals surface area (Å²) in [7, 11) is -4.60. The number of fused-ring (bicyclic) bond motifs is 2. The first kappa shape index (κ1) is 23.1. The van der Waals surface area contributed by atoms with Crippen molar-refractivity contribution in [3.63, 3.8) is 0 Å². The molecule has 1 aromatic carbocycles. The molecule has 1 fully saturated rings. The molecule has 0 aliphatic carbocycles. The van der Waals surface area contributed by atoms with E-state index in [0.29, 0.717) is 12.1 Å². The van der Waals surface area contributed by atoms with Gasteiger partial charge >= 0.3 is 0 Å². The van der Waals surface area contributed by atoms with Crippen molar-refractivity contribution in [2.75, 3.05) is 12.3 Å². The number of aliphatic hydroxyl groups is 2. The third kappa shape index (κ3) is 3.78. The summed E-state index contributed by atoms with van der Waals surface area (Å²) < 4.78 is 61.4. The standard InChI is InChI=1S/C18H16F2N8O6S/c19-7-1-6-9(2-8(7)20)26-27-17(12(6)29)35(32,33)25-3-10-13(30)14(31)18(34-10)28-5-24-11-15(21)22-4-23-16(11)28/h1-2,4-5,10,13-14,18,25,30-31H,3H2,(H,26,29)(H2,21,22,23)/t10-,13-,14-,18-/m1/s1. The second kappa shape index (κ2) is 8.24. The van der Waals surface area contributed by atoms with Crippen molar-refractivity contribution in [3.05, 3.63) is 46.6 Å². The molecule has 5 rings (SSSR count). The fourth-order valence-electron chi connectivity index (χ4n) is 3.73. The zero-order valence-electron chi connectivity index (χ0n) is 17.3. The van der Waals surface area contributed by atoms with E-state index in [-0.39, 0.29) is 22.5 Å². The van der Waals surface area contributed by atoms with Crippen LogP contribution in [0.3, 0.4) is 0 Å². The second-order valence-electron chi connectivity index (χ2n) is 7.65. The fraction of sp³-hybridized carbons (Fsp3) is 0.278. The molecule has 14 nitrogen and oxygen atoms in total. The summed E-state index contributed by atoms with van der Waals surface area (Å²) in [6.45, 7) is -0.572. The van der Waals surface area contributed by atoms with Crippen LogP contribution in [0.4, 0.5) is 14.6 Å². The summed E-state index contributed by atoms with van der Waals surface area (Å²) >= 11 is 0. The van der Waals surface area contributed by atoms with Gasteiger partial charge in [-0.25, -0.2) is 36.9 Å². The van der Waals surface area contributed by atoms with Crippen LogP contribution in [0.25, 0.3) is 22.1 Å². The number of rotatable bonds is 5. The van der Waals surface area contributed by atoms with E-state index in [1.54, 1.807) is 0 Å². The highest BCUT2D eigenvalue weighted by Crippen LogP contribution is 2.31. The van der Waals surface area contributed by atoms with Crippen molar-refractivity contribution in [1.82, 2.24) is 34.4 Å². The predicted octanol–water partition coefficient (Wildman–Crippen LogP) is -1.48. The molecule has 4 aromatic rings. The van der Waals surface area contributed by atoms with Crippen LogP contribution in [0.15, 0.2) is 34.6 Å². The van der Waals surface area contributed by atoms with Gasteiger partial charge < -0.3 is 20.7 Å². The Bertz CT molecular complexity index is 1630. The highest BCUT2D eigenvalue weighted by molar-refractivity contribution is 7.89. The number of anilines is 1. The molecule has 1 aliphatic heterocycles. The maximum atomic E-state index is 13.6. The number of nitrogen functional groups attached to an aromatic ring is 1. The molecule has 0 amide bonds. The summed E-state index contributed by atoms with van der Waals surface area (Å²) in [5.41, 5.74) is 4.82. The number of hydrogen-bond acceptors (Lipinski definition) is 11. The Labute approximate surface area is 193 Å². The molecule has 0 unspecified atom stereocenters. The van der Waals surface area contributed by atoms with E-state index in [4.69, 9.17) is 10.5 Å². The molecular formula is C18H16F2N8O6S. The molecule has 1 saturated heterocycles. The minimum absolute atomic E-state index is 0.0850. The van der Waals surface area contributed by atoms with Gasteiger partial charge in [0.15, 0.2) is 29.3 Å². The maximum Gasteiger partial charge on any atom is 0.263 e. The number of halogens is 2. The van der Waals surface area contributed by atoms with Crippen LogP contribution >= 0.6 is 0 Å². The third-order valence-electron chi connectivity index (χ3n) is 5.50. The normalized spacial score (nSPS) is 22.9. The predicted molar refractivity (Wildman–Crippen MR) is 113 cm³/mol. The number of nitrogens with two attached hydrogens (primary N) is 1. The summed E-state index contributed by atoms with van der Waals surface area (Å²) in [4.78, 5) is 24.5. The van der Waals surface area contributed by atoms with Crippen molar-refractivity contribution in [1.29, 1.82) is 0 Å². The lowest BCUT2D eigenvalue weighted by Gasteiger charge is -2.16. The number of ether oxygens (including phenoxy) is 1. The summed E-state index contributed by atoms with van der Waals surface area (Å²) in [6.07, 6.45) is -3.06. The van der Waals surface area contributed by atoms with E-state index in [1.165, 1.54) is 17.2 Å². The largest absolute Gasteiger partial charge is 0.387 e. The van der Waals surface area contributed by atoms with Gasteiger partial charge in [0.2, 0.25) is 10.5 Å². The number of H-pyrrole nitrogens is 1. The number of imidazole rings is 1.